The highest BCUT2D eigenvalue weighted by atomic mass is 35.5. The van der Waals surface area contributed by atoms with Crippen molar-refractivity contribution in [2.75, 3.05) is 6.54 Å². The van der Waals surface area contributed by atoms with Gasteiger partial charge in [-0.05, 0) is 35.4 Å². The molecule has 0 aromatic heterocycles. The number of carbonyl (C=O) groups excluding carboxylic acids is 2. The number of allylic oxidation sites excluding steroid dienone is 1. The zero-order valence-electron chi connectivity index (χ0n) is 19.9. The van der Waals surface area contributed by atoms with E-state index in [-0.39, 0.29) is 21.1 Å². The number of hydrogen-bond acceptors (Lipinski definition) is 2. The molecular weight excluding hydrogens is 671 g/mol. The van der Waals surface area contributed by atoms with Crippen molar-refractivity contribution in [1.82, 2.24) is 10.6 Å². The molecule has 4 nitrogen and oxygen atoms in total. The summed E-state index contributed by atoms with van der Waals surface area (Å²) in [6.45, 7) is -1.58. The largest absolute Gasteiger partial charge is 0.417 e. The highest BCUT2D eigenvalue weighted by molar-refractivity contribution is 6.48. The van der Waals surface area contributed by atoms with Crippen molar-refractivity contribution in [3.63, 3.8) is 0 Å². The molecule has 2 aromatic rings. The summed E-state index contributed by atoms with van der Waals surface area (Å²) in [6.07, 6.45) is -21.1. The van der Waals surface area contributed by atoms with Crippen LogP contribution in [0.4, 0.5) is 52.7 Å². The van der Waals surface area contributed by atoms with E-state index < -0.39 is 77.3 Å². The molecule has 0 aliphatic carbocycles. The molecule has 0 radical (unpaired) electrons. The number of nitrogens with one attached hydrogen (secondary N) is 2. The maximum atomic E-state index is 13.7. The van der Waals surface area contributed by atoms with E-state index in [0.717, 1.165) is 18.2 Å². The van der Waals surface area contributed by atoms with Gasteiger partial charge in [-0.1, -0.05) is 53.0 Å². The Morgan fingerprint density at radius 2 is 1.31 bits per heavy atom. The summed E-state index contributed by atoms with van der Waals surface area (Å²) < 4.78 is 157. The van der Waals surface area contributed by atoms with Gasteiger partial charge in [0.2, 0.25) is 11.9 Å². The first-order valence-corrected chi connectivity index (χ1v) is 11.9. The Morgan fingerprint density at radius 1 is 0.786 bits per heavy atom. The van der Waals surface area contributed by atoms with E-state index >= 15 is 0 Å². The maximum absolute atomic E-state index is 13.7. The zero-order chi connectivity index (χ0) is 32.4. The van der Waals surface area contributed by atoms with Crippen LogP contribution < -0.4 is 10.6 Å². The Kier molecular flexibility index (Phi) is 10.8. The molecular formula is C23H13Cl3F12N2O2. The molecule has 42 heavy (non-hydrogen) atoms. The van der Waals surface area contributed by atoms with Crippen LogP contribution in [-0.4, -0.2) is 42.9 Å². The molecule has 2 amide bonds. The third-order valence-corrected chi connectivity index (χ3v) is 6.36. The number of benzene rings is 2. The first kappa shape index (κ1) is 35.3. The topological polar surface area (TPSA) is 58.2 Å². The van der Waals surface area contributed by atoms with Gasteiger partial charge in [-0.2, -0.15) is 52.7 Å². The molecule has 0 spiro atoms. The smallest absolute Gasteiger partial charge is 0.343 e. The van der Waals surface area contributed by atoms with Crippen molar-refractivity contribution in [3.05, 3.63) is 73.7 Å². The fourth-order valence-corrected chi connectivity index (χ4v) is 3.90. The summed E-state index contributed by atoms with van der Waals surface area (Å²) in [5.41, 5.74) is -4.00. The second-order valence-corrected chi connectivity index (χ2v) is 9.44. The van der Waals surface area contributed by atoms with Gasteiger partial charge in [0.15, 0.2) is 0 Å². The lowest BCUT2D eigenvalue weighted by atomic mass is 9.96. The van der Waals surface area contributed by atoms with Crippen LogP contribution in [0.1, 0.15) is 33.0 Å². The van der Waals surface area contributed by atoms with Gasteiger partial charge < -0.3 is 10.6 Å². The van der Waals surface area contributed by atoms with E-state index in [1.165, 1.54) is 5.32 Å². The summed E-state index contributed by atoms with van der Waals surface area (Å²) >= 11 is 17.3. The van der Waals surface area contributed by atoms with Gasteiger partial charge in [-0.15, -0.1) is 0 Å². The van der Waals surface area contributed by atoms with Gasteiger partial charge in [0, 0.05) is 0 Å². The van der Waals surface area contributed by atoms with Crippen LogP contribution in [-0.2, 0) is 11.0 Å². The average molecular weight is 684 g/mol. The molecule has 0 saturated heterocycles. The number of amides is 2. The van der Waals surface area contributed by atoms with Crippen LogP contribution in [0.3, 0.4) is 0 Å². The van der Waals surface area contributed by atoms with E-state index in [1.54, 1.807) is 0 Å². The third kappa shape index (κ3) is 9.33. The van der Waals surface area contributed by atoms with Crippen molar-refractivity contribution in [2.24, 2.45) is 0 Å². The minimum atomic E-state index is -5.97. The molecule has 2 aromatic carbocycles. The van der Waals surface area contributed by atoms with Crippen LogP contribution in [0.25, 0.3) is 6.08 Å². The lowest BCUT2D eigenvalue weighted by molar-refractivity contribution is -0.257. The van der Waals surface area contributed by atoms with Crippen LogP contribution in [0, 0.1) is 0 Å². The molecule has 19 heteroatoms. The fourth-order valence-electron chi connectivity index (χ4n) is 3.29. The SMILES string of the molecule is O=C(CNC(=O)c1ccc(/C=C/C(c2cc(Cl)c(Cl)c(Cl)c2)C(F)(F)F)cc1C(F)(F)F)NC(C(F)(F)F)C(F)(F)F. The normalized spacial score (nSPS) is 13.9. The Labute approximate surface area is 242 Å². The summed E-state index contributed by atoms with van der Waals surface area (Å²) in [5, 5.41) is 1.11. The van der Waals surface area contributed by atoms with Crippen LogP contribution in [0.2, 0.25) is 15.1 Å². The summed E-state index contributed by atoms with van der Waals surface area (Å²) in [4.78, 5) is 23.8. The molecule has 0 fully saturated rings. The minimum Gasteiger partial charge on any atom is -0.343 e. The Hall–Kier alpha value is -2.85. The molecule has 232 valence electrons. The molecule has 0 bridgehead atoms. The average Bonchev–Trinajstić information content (AvgIpc) is 2.81. The lowest BCUT2D eigenvalue weighted by Gasteiger charge is -2.24. The predicted octanol–water partition coefficient (Wildman–Crippen LogP) is 8.36. The van der Waals surface area contributed by atoms with E-state index in [2.05, 4.69) is 0 Å². The highest BCUT2D eigenvalue weighted by Crippen LogP contribution is 2.41. The van der Waals surface area contributed by atoms with E-state index in [0.29, 0.717) is 23.5 Å². The fraction of sp³-hybridized carbons (Fsp3) is 0.304. The monoisotopic (exact) mass is 682 g/mol. The molecule has 2 rings (SSSR count). The lowest BCUT2D eigenvalue weighted by Crippen LogP contribution is -2.56. The van der Waals surface area contributed by atoms with Gasteiger partial charge in [-0.3, -0.25) is 9.59 Å². The van der Waals surface area contributed by atoms with Crippen molar-refractivity contribution >= 4 is 52.7 Å². The number of rotatable bonds is 7. The van der Waals surface area contributed by atoms with Crippen molar-refractivity contribution in [1.29, 1.82) is 0 Å². The van der Waals surface area contributed by atoms with Crippen molar-refractivity contribution in [3.8, 4) is 0 Å². The molecule has 1 atom stereocenters. The Morgan fingerprint density at radius 3 is 1.76 bits per heavy atom. The van der Waals surface area contributed by atoms with Crippen LogP contribution in [0.5, 0.6) is 0 Å². The predicted molar refractivity (Wildman–Crippen MR) is 127 cm³/mol. The second-order valence-electron chi connectivity index (χ2n) is 8.25. The maximum Gasteiger partial charge on any atom is 0.417 e. The summed E-state index contributed by atoms with van der Waals surface area (Å²) in [7, 11) is 0. The summed E-state index contributed by atoms with van der Waals surface area (Å²) in [6, 6.07) is -1.14. The quantitative estimate of drug-likeness (QED) is 0.228. The van der Waals surface area contributed by atoms with Crippen molar-refractivity contribution < 1.29 is 62.3 Å². The van der Waals surface area contributed by atoms with E-state index in [9.17, 15) is 62.3 Å². The molecule has 0 heterocycles. The number of hydrogen-bond donors (Lipinski definition) is 2. The standard InChI is InChI=1S/C23H13Cl3F12N2O2/c24-14-6-10(7-15(25)17(14)26)12(20(27,28)29)4-2-9-1-3-11(13(5-9)21(30,31)32)18(42)39-8-16(41)40-19(22(33,34)35)23(36,37)38/h1-7,12,19H,8H2,(H,39,42)(H,40,41)/b4-2+. The molecule has 0 aliphatic heterocycles. The van der Waals surface area contributed by atoms with Gasteiger partial charge in [0.1, 0.15) is 0 Å². The first-order chi connectivity index (χ1) is 18.9. The van der Waals surface area contributed by atoms with E-state index in [1.807, 2.05) is 0 Å². The van der Waals surface area contributed by atoms with Gasteiger partial charge in [0.25, 0.3) is 5.91 Å². The number of halogens is 15. The number of alkyl halides is 12. The minimum absolute atomic E-state index is 0.242. The highest BCUT2D eigenvalue weighted by Gasteiger charge is 2.57. The Balaban J connectivity index is 2.33. The summed E-state index contributed by atoms with van der Waals surface area (Å²) in [5.74, 6) is -6.20. The molecule has 0 aliphatic rings. The molecule has 2 N–H and O–H groups in total. The first-order valence-electron chi connectivity index (χ1n) is 10.7. The van der Waals surface area contributed by atoms with Crippen LogP contribution in [0.15, 0.2) is 36.4 Å². The van der Waals surface area contributed by atoms with Crippen molar-refractivity contribution in [2.45, 2.75) is 36.7 Å². The van der Waals surface area contributed by atoms with Crippen LogP contribution >= 0.6 is 34.8 Å². The van der Waals surface area contributed by atoms with Gasteiger partial charge in [-0.25, -0.2) is 0 Å². The van der Waals surface area contributed by atoms with Gasteiger partial charge in [0.05, 0.1) is 38.7 Å². The zero-order valence-corrected chi connectivity index (χ0v) is 22.2. The Bertz CT molecular complexity index is 1320. The number of carbonyl (C=O) groups is 2. The second kappa shape index (κ2) is 12.8. The third-order valence-electron chi connectivity index (χ3n) is 5.16. The van der Waals surface area contributed by atoms with Gasteiger partial charge >= 0.3 is 24.7 Å². The molecule has 0 saturated carbocycles. The van der Waals surface area contributed by atoms with E-state index in [4.69, 9.17) is 34.8 Å². The molecule has 1 unspecified atom stereocenters.